The standard InChI is InChI=1S/C17H16N4O2/c1-11-10-14(8-9-18-11)15-20-17(23-21-15)12(2)19-16(22)13-6-4-3-5-7-13/h3-10,12H,1-2H3,(H,19,22)/t12-/m0/s1. The number of nitrogens with one attached hydrogen (secondary N) is 1. The number of aromatic nitrogens is 3. The summed E-state index contributed by atoms with van der Waals surface area (Å²) in [7, 11) is 0. The Bertz CT molecular complexity index is 814. The van der Waals surface area contributed by atoms with E-state index in [1.807, 2.05) is 37.3 Å². The summed E-state index contributed by atoms with van der Waals surface area (Å²) >= 11 is 0. The molecule has 0 spiro atoms. The van der Waals surface area contributed by atoms with Gasteiger partial charge in [-0.3, -0.25) is 9.78 Å². The number of aryl methyl sites for hydroxylation is 1. The molecule has 2 aromatic heterocycles. The van der Waals surface area contributed by atoms with Gasteiger partial charge in [-0.15, -0.1) is 0 Å². The lowest BCUT2D eigenvalue weighted by molar-refractivity contribution is 0.0932. The van der Waals surface area contributed by atoms with E-state index in [4.69, 9.17) is 4.52 Å². The van der Waals surface area contributed by atoms with Crippen molar-refractivity contribution in [3.05, 3.63) is 65.8 Å². The number of hydrogen-bond donors (Lipinski definition) is 1. The SMILES string of the molecule is Cc1cc(-c2noc([C@H](C)NC(=O)c3ccccc3)n2)ccn1. The molecule has 2 heterocycles. The molecule has 0 fully saturated rings. The van der Waals surface area contributed by atoms with Crippen molar-refractivity contribution in [1.29, 1.82) is 0 Å². The molecule has 0 saturated heterocycles. The van der Waals surface area contributed by atoms with Crippen LogP contribution in [0.3, 0.4) is 0 Å². The maximum Gasteiger partial charge on any atom is 0.251 e. The van der Waals surface area contributed by atoms with Crippen LogP contribution in [0.1, 0.15) is 34.9 Å². The molecule has 1 aromatic carbocycles. The summed E-state index contributed by atoms with van der Waals surface area (Å²) in [6.45, 7) is 3.70. The molecule has 6 nitrogen and oxygen atoms in total. The predicted octanol–water partition coefficient (Wildman–Crippen LogP) is 2.93. The molecule has 1 N–H and O–H groups in total. The highest BCUT2D eigenvalue weighted by atomic mass is 16.5. The van der Waals surface area contributed by atoms with Crippen LogP contribution in [0.25, 0.3) is 11.4 Å². The van der Waals surface area contributed by atoms with Crippen LogP contribution in [0.5, 0.6) is 0 Å². The monoisotopic (exact) mass is 308 g/mol. The van der Waals surface area contributed by atoms with Crippen LogP contribution < -0.4 is 5.32 Å². The van der Waals surface area contributed by atoms with E-state index in [9.17, 15) is 4.79 Å². The van der Waals surface area contributed by atoms with Gasteiger partial charge in [-0.2, -0.15) is 4.98 Å². The molecule has 0 radical (unpaired) electrons. The van der Waals surface area contributed by atoms with E-state index < -0.39 is 0 Å². The lowest BCUT2D eigenvalue weighted by Gasteiger charge is -2.09. The van der Waals surface area contributed by atoms with Crippen LogP contribution in [0.2, 0.25) is 0 Å². The minimum absolute atomic E-state index is 0.183. The number of carbonyl (C=O) groups is 1. The lowest BCUT2D eigenvalue weighted by atomic mass is 10.2. The second-order valence-electron chi connectivity index (χ2n) is 5.20. The van der Waals surface area contributed by atoms with Crippen molar-refractivity contribution >= 4 is 5.91 Å². The van der Waals surface area contributed by atoms with Crippen molar-refractivity contribution < 1.29 is 9.32 Å². The van der Waals surface area contributed by atoms with Crippen molar-refractivity contribution in [2.75, 3.05) is 0 Å². The first-order valence-corrected chi connectivity index (χ1v) is 7.26. The fourth-order valence-electron chi connectivity index (χ4n) is 2.14. The van der Waals surface area contributed by atoms with E-state index in [1.165, 1.54) is 0 Å². The van der Waals surface area contributed by atoms with Gasteiger partial charge in [-0.05, 0) is 38.1 Å². The van der Waals surface area contributed by atoms with Gasteiger partial charge >= 0.3 is 0 Å². The maximum absolute atomic E-state index is 12.1. The lowest BCUT2D eigenvalue weighted by Crippen LogP contribution is -2.26. The largest absolute Gasteiger partial charge is 0.341 e. The van der Waals surface area contributed by atoms with Gasteiger partial charge in [0.2, 0.25) is 11.7 Å². The fraction of sp³-hybridized carbons (Fsp3) is 0.176. The number of pyridine rings is 1. The molecule has 0 aliphatic heterocycles. The Morgan fingerprint density at radius 3 is 2.74 bits per heavy atom. The highest BCUT2D eigenvalue weighted by Gasteiger charge is 2.18. The van der Waals surface area contributed by atoms with Crippen LogP contribution >= 0.6 is 0 Å². The van der Waals surface area contributed by atoms with Crippen molar-refractivity contribution in [2.24, 2.45) is 0 Å². The van der Waals surface area contributed by atoms with Crippen molar-refractivity contribution in [1.82, 2.24) is 20.4 Å². The second-order valence-corrected chi connectivity index (χ2v) is 5.20. The van der Waals surface area contributed by atoms with Crippen molar-refractivity contribution in [2.45, 2.75) is 19.9 Å². The van der Waals surface area contributed by atoms with Crippen LogP contribution in [0.4, 0.5) is 0 Å². The zero-order valence-electron chi connectivity index (χ0n) is 12.9. The van der Waals surface area contributed by atoms with Crippen molar-refractivity contribution in [3.8, 4) is 11.4 Å². The Balaban J connectivity index is 1.74. The number of hydrogen-bond acceptors (Lipinski definition) is 5. The molecule has 3 aromatic rings. The first-order valence-electron chi connectivity index (χ1n) is 7.26. The molecule has 0 aliphatic rings. The first-order chi connectivity index (χ1) is 11.1. The third kappa shape index (κ3) is 3.42. The molecule has 1 amide bonds. The number of benzene rings is 1. The highest BCUT2D eigenvalue weighted by Crippen LogP contribution is 2.19. The third-order valence-electron chi connectivity index (χ3n) is 3.35. The van der Waals surface area contributed by atoms with E-state index >= 15 is 0 Å². The van der Waals surface area contributed by atoms with Crippen LogP contribution in [-0.4, -0.2) is 21.0 Å². The Hall–Kier alpha value is -3.02. The molecule has 6 heteroatoms. The average molecular weight is 308 g/mol. The minimum Gasteiger partial charge on any atom is -0.341 e. The Kier molecular flexibility index (Phi) is 4.14. The number of amides is 1. The normalized spacial score (nSPS) is 11.9. The Morgan fingerprint density at radius 1 is 1.22 bits per heavy atom. The van der Waals surface area contributed by atoms with Crippen LogP contribution in [-0.2, 0) is 0 Å². The van der Waals surface area contributed by atoms with Gasteiger partial charge < -0.3 is 9.84 Å². The van der Waals surface area contributed by atoms with E-state index in [0.29, 0.717) is 17.3 Å². The molecule has 116 valence electrons. The van der Waals surface area contributed by atoms with Crippen LogP contribution in [0, 0.1) is 6.92 Å². The van der Waals surface area contributed by atoms with Gasteiger partial charge in [-0.1, -0.05) is 23.4 Å². The van der Waals surface area contributed by atoms with Crippen LogP contribution in [0.15, 0.2) is 53.2 Å². The predicted molar refractivity (Wildman–Crippen MR) is 84.6 cm³/mol. The third-order valence-corrected chi connectivity index (χ3v) is 3.35. The van der Waals surface area contributed by atoms with Gasteiger partial charge in [0.15, 0.2) is 0 Å². The average Bonchev–Trinajstić information content (AvgIpc) is 3.06. The summed E-state index contributed by atoms with van der Waals surface area (Å²) in [6, 6.07) is 12.3. The quantitative estimate of drug-likeness (QED) is 0.801. The molecular weight excluding hydrogens is 292 g/mol. The highest BCUT2D eigenvalue weighted by molar-refractivity contribution is 5.94. The van der Waals surface area contributed by atoms with Gasteiger partial charge in [0.25, 0.3) is 5.91 Å². The molecular formula is C17H16N4O2. The van der Waals surface area contributed by atoms with Crippen molar-refractivity contribution in [3.63, 3.8) is 0 Å². The zero-order valence-corrected chi connectivity index (χ0v) is 12.9. The Labute approximate surface area is 133 Å². The van der Waals surface area contributed by atoms with Gasteiger partial charge in [0.05, 0.1) is 0 Å². The molecule has 3 rings (SSSR count). The van der Waals surface area contributed by atoms with Gasteiger partial charge in [0.1, 0.15) is 6.04 Å². The van der Waals surface area contributed by atoms with E-state index in [-0.39, 0.29) is 11.9 Å². The van der Waals surface area contributed by atoms with E-state index in [0.717, 1.165) is 11.3 Å². The molecule has 0 bridgehead atoms. The maximum atomic E-state index is 12.1. The van der Waals surface area contributed by atoms with E-state index in [1.54, 1.807) is 25.3 Å². The number of nitrogens with zero attached hydrogens (tertiary/aromatic N) is 3. The van der Waals surface area contributed by atoms with Gasteiger partial charge in [0, 0.05) is 23.0 Å². The Morgan fingerprint density at radius 2 is 2.00 bits per heavy atom. The topological polar surface area (TPSA) is 80.9 Å². The molecule has 1 atom stereocenters. The summed E-state index contributed by atoms with van der Waals surface area (Å²) in [5.41, 5.74) is 2.29. The smallest absolute Gasteiger partial charge is 0.251 e. The first kappa shape index (κ1) is 14.9. The molecule has 0 saturated carbocycles. The van der Waals surface area contributed by atoms with E-state index in [2.05, 4.69) is 20.4 Å². The fourth-order valence-corrected chi connectivity index (χ4v) is 2.14. The molecule has 0 aliphatic carbocycles. The number of carbonyl (C=O) groups excluding carboxylic acids is 1. The molecule has 23 heavy (non-hydrogen) atoms. The minimum atomic E-state index is -0.383. The summed E-state index contributed by atoms with van der Waals surface area (Å²) < 4.78 is 5.26. The van der Waals surface area contributed by atoms with Gasteiger partial charge in [-0.25, -0.2) is 0 Å². The summed E-state index contributed by atoms with van der Waals surface area (Å²) in [5.74, 6) is 0.655. The summed E-state index contributed by atoms with van der Waals surface area (Å²) in [4.78, 5) is 20.6. The molecule has 0 unspecified atom stereocenters. The summed E-state index contributed by atoms with van der Waals surface area (Å²) in [5, 5.41) is 6.80. The second kappa shape index (κ2) is 6.39. The summed E-state index contributed by atoms with van der Waals surface area (Å²) in [6.07, 6.45) is 1.70. The number of rotatable bonds is 4. The zero-order chi connectivity index (χ0) is 16.2.